The molecule has 0 spiro atoms. The Labute approximate surface area is 147 Å². The highest BCUT2D eigenvalue weighted by Crippen LogP contribution is 2.43. The lowest BCUT2D eigenvalue weighted by Gasteiger charge is -2.42. The Morgan fingerprint density at radius 3 is 3.04 bits per heavy atom. The minimum Gasteiger partial charge on any atom is -0.393 e. The van der Waals surface area contributed by atoms with Gasteiger partial charge in [-0.2, -0.15) is 5.10 Å². The lowest BCUT2D eigenvalue weighted by molar-refractivity contribution is -0.0880. The van der Waals surface area contributed by atoms with Crippen molar-refractivity contribution >= 4 is 22.5 Å². The molecule has 4 rings (SSSR count). The first kappa shape index (κ1) is 16.3. The summed E-state index contributed by atoms with van der Waals surface area (Å²) < 4.78 is 7.83. The normalized spacial score (nSPS) is 30.8. The highest BCUT2D eigenvalue weighted by molar-refractivity contribution is 6.35. The number of benzene rings is 1. The third-order valence-corrected chi connectivity index (χ3v) is 6.24. The van der Waals surface area contributed by atoms with E-state index in [9.17, 15) is 5.11 Å². The Morgan fingerprint density at radius 1 is 1.42 bits per heavy atom. The van der Waals surface area contributed by atoms with Crippen LogP contribution in [-0.4, -0.2) is 51.2 Å². The number of nitrogens with zero attached hydrogens (tertiary/aromatic N) is 3. The first-order chi connectivity index (χ1) is 11.5. The predicted molar refractivity (Wildman–Crippen MR) is 94.1 cm³/mol. The SMILES string of the molecule is CO[C@@]12CC[C@@H](O)C[C@@H]1N(Cc1nn(C)c3cccc(Cl)c13)CC2. The van der Waals surface area contributed by atoms with E-state index in [4.69, 9.17) is 21.4 Å². The van der Waals surface area contributed by atoms with E-state index in [1.165, 1.54) is 0 Å². The van der Waals surface area contributed by atoms with Gasteiger partial charge in [0.15, 0.2) is 0 Å². The van der Waals surface area contributed by atoms with Gasteiger partial charge in [0.1, 0.15) is 0 Å². The van der Waals surface area contributed by atoms with E-state index < -0.39 is 0 Å². The lowest BCUT2D eigenvalue weighted by Crippen LogP contribution is -2.51. The summed E-state index contributed by atoms with van der Waals surface area (Å²) in [5.41, 5.74) is 1.94. The van der Waals surface area contributed by atoms with E-state index in [1.54, 1.807) is 7.11 Å². The molecule has 0 amide bonds. The van der Waals surface area contributed by atoms with Crippen LogP contribution in [0, 0.1) is 0 Å². The van der Waals surface area contributed by atoms with Gasteiger partial charge in [-0.15, -0.1) is 0 Å². The van der Waals surface area contributed by atoms with Gasteiger partial charge in [-0.1, -0.05) is 17.7 Å². The molecule has 2 aliphatic rings. The molecule has 2 heterocycles. The summed E-state index contributed by atoms with van der Waals surface area (Å²) in [5, 5.41) is 16.6. The van der Waals surface area contributed by atoms with Crippen molar-refractivity contribution in [3.63, 3.8) is 0 Å². The van der Waals surface area contributed by atoms with Gasteiger partial charge in [-0.25, -0.2) is 0 Å². The van der Waals surface area contributed by atoms with Gasteiger partial charge in [0.05, 0.1) is 27.9 Å². The molecular weight excluding hydrogens is 326 g/mol. The minimum absolute atomic E-state index is 0.117. The molecule has 1 saturated heterocycles. The predicted octanol–water partition coefficient (Wildman–Crippen LogP) is 2.73. The number of ether oxygens (including phenoxy) is 1. The zero-order valence-corrected chi connectivity index (χ0v) is 15.0. The second-order valence-corrected chi connectivity index (χ2v) is 7.54. The fraction of sp³-hybridized carbons (Fsp3) is 0.611. The summed E-state index contributed by atoms with van der Waals surface area (Å²) in [6.07, 6.45) is 3.31. The van der Waals surface area contributed by atoms with Gasteiger partial charge in [-0.05, 0) is 37.8 Å². The van der Waals surface area contributed by atoms with E-state index in [2.05, 4.69) is 4.90 Å². The molecule has 2 fully saturated rings. The van der Waals surface area contributed by atoms with Crippen molar-refractivity contribution in [3.05, 3.63) is 28.9 Å². The Kier molecular flexibility index (Phi) is 4.07. The third-order valence-electron chi connectivity index (χ3n) is 5.93. The molecule has 130 valence electrons. The van der Waals surface area contributed by atoms with Crippen molar-refractivity contribution in [3.8, 4) is 0 Å². The molecule has 3 atom stereocenters. The van der Waals surface area contributed by atoms with Crippen LogP contribution in [0.2, 0.25) is 5.02 Å². The van der Waals surface area contributed by atoms with Crippen LogP contribution in [0.4, 0.5) is 0 Å². The third kappa shape index (κ3) is 2.46. The topological polar surface area (TPSA) is 50.5 Å². The second-order valence-electron chi connectivity index (χ2n) is 7.14. The van der Waals surface area contributed by atoms with Crippen LogP contribution in [-0.2, 0) is 18.3 Å². The van der Waals surface area contributed by atoms with Crippen molar-refractivity contribution in [2.24, 2.45) is 7.05 Å². The Morgan fingerprint density at radius 2 is 2.25 bits per heavy atom. The highest BCUT2D eigenvalue weighted by atomic mass is 35.5. The molecular formula is C18H24ClN3O2. The second kappa shape index (κ2) is 5.99. The maximum atomic E-state index is 10.1. The molecule has 24 heavy (non-hydrogen) atoms. The number of aromatic nitrogens is 2. The summed E-state index contributed by atoms with van der Waals surface area (Å²) in [6, 6.07) is 6.17. The maximum absolute atomic E-state index is 10.1. The Balaban J connectivity index is 1.66. The Bertz CT molecular complexity index is 762. The minimum atomic E-state index is -0.233. The lowest BCUT2D eigenvalue weighted by atomic mass is 9.79. The molecule has 0 bridgehead atoms. The van der Waals surface area contributed by atoms with Crippen LogP contribution in [0.15, 0.2) is 18.2 Å². The molecule has 5 nitrogen and oxygen atoms in total. The fourth-order valence-corrected chi connectivity index (χ4v) is 4.89. The summed E-state index contributed by atoms with van der Waals surface area (Å²) in [6.45, 7) is 1.71. The quantitative estimate of drug-likeness (QED) is 0.925. The summed E-state index contributed by atoms with van der Waals surface area (Å²) in [5.74, 6) is 0. The smallest absolute Gasteiger partial charge is 0.0858 e. The van der Waals surface area contributed by atoms with Crippen molar-refractivity contribution in [1.29, 1.82) is 0 Å². The number of methoxy groups -OCH3 is 1. The van der Waals surface area contributed by atoms with Crippen LogP contribution in [0.5, 0.6) is 0 Å². The summed E-state index contributed by atoms with van der Waals surface area (Å²) >= 11 is 6.44. The number of halogens is 1. The van der Waals surface area contributed by atoms with Crippen LogP contribution in [0.25, 0.3) is 10.9 Å². The number of aryl methyl sites for hydroxylation is 1. The number of aliphatic hydroxyl groups is 1. The van der Waals surface area contributed by atoms with E-state index >= 15 is 0 Å². The van der Waals surface area contributed by atoms with E-state index in [-0.39, 0.29) is 17.7 Å². The molecule has 1 aromatic carbocycles. The van der Waals surface area contributed by atoms with Crippen molar-refractivity contribution < 1.29 is 9.84 Å². The zero-order chi connectivity index (χ0) is 16.9. The first-order valence-electron chi connectivity index (χ1n) is 8.61. The molecule has 1 N–H and O–H groups in total. The number of hydrogen-bond acceptors (Lipinski definition) is 4. The number of rotatable bonds is 3. The molecule has 0 unspecified atom stereocenters. The summed E-state index contributed by atoms with van der Waals surface area (Å²) in [4.78, 5) is 2.41. The maximum Gasteiger partial charge on any atom is 0.0858 e. The standard InChI is InChI=1S/C18H24ClN3O2/c1-21-15-5-3-4-13(19)17(15)14(20-21)11-22-9-8-18(24-2)7-6-12(23)10-16(18)22/h3-5,12,16,23H,6-11H2,1-2H3/t12-,16+,18-/m1/s1. The van der Waals surface area contributed by atoms with Gasteiger partial charge < -0.3 is 9.84 Å². The first-order valence-corrected chi connectivity index (χ1v) is 8.99. The number of fused-ring (bicyclic) bond motifs is 2. The van der Waals surface area contributed by atoms with Crippen LogP contribution in [0.3, 0.4) is 0 Å². The number of likely N-dealkylation sites (tertiary alicyclic amines) is 1. The van der Waals surface area contributed by atoms with E-state index in [1.807, 2.05) is 29.9 Å². The van der Waals surface area contributed by atoms with Gasteiger partial charge in [0.25, 0.3) is 0 Å². The molecule has 6 heteroatoms. The molecule has 1 aliphatic heterocycles. The number of hydrogen-bond donors (Lipinski definition) is 1. The molecule has 0 radical (unpaired) electrons. The fourth-order valence-electron chi connectivity index (χ4n) is 4.62. The zero-order valence-electron chi connectivity index (χ0n) is 14.2. The highest BCUT2D eigenvalue weighted by Gasteiger charge is 2.50. The van der Waals surface area contributed by atoms with Crippen LogP contribution < -0.4 is 0 Å². The molecule has 2 aromatic rings. The van der Waals surface area contributed by atoms with Gasteiger partial charge in [0.2, 0.25) is 0 Å². The molecule has 1 aliphatic carbocycles. The molecule has 1 aromatic heterocycles. The largest absolute Gasteiger partial charge is 0.393 e. The van der Waals surface area contributed by atoms with Crippen LogP contribution in [0.1, 0.15) is 31.4 Å². The van der Waals surface area contributed by atoms with Crippen LogP contribution >= 0.6 is 11.6 Å². The van der Waals surface area contributed by atoms with Crippen molar-refractivity contribution in [1.82, 2.24) is 14.7 Å². The van der Waals surface area contributed by atoms with Gasteiger partial charge >= 0.3 is 0 Å². The van der Waals surface area contributed by atoms with E-state index in [0.717, 1.165) is 60.4 Å². The van der Waals surface area contributed by atoms with E-state index in [0.29, 0.717) is 0 Å². The Hall–Kier alpha value is -1.14. The number of aliphatic hydroxyl groups excluding tert-OH is 1. The average Bonchev–Trinajstić information content (AvgIpc) is 3.08. The molecule has 1 saturated carbocycles. The van der Waals surface area contributed by atoms with Crippen molar-refractivity contribution in [2.75, 3.05) is 13.7 Å². The summed E-state index contributed by atoms with van der Waals surface area (Å²) in [7, 11) is 3.76. The monoisotopic (exact) mass is 349 g/mol. The average molecular weight is 350 g/mol. The van der Waals surface area contributed by atoms with Crippen molar-refractivity contribution in [2.45, 2.75) is 50.0 Å². The van der Waals surface area contributed by atoms with Gasteiger partial charge in [-0.3, -0.25) is 9.58 Å². The van der Waals surface area contributed by atoms with Gasteiger partial charge in [0, 0.05) is 38.7 Å².